The second kappa shape index (κ2) is 9.20. The highest BCUT2D eigenvalue weighted by molar-refractivity contribution is 7.88. The molecule has 2 rings (SSSR count). The molecule has 0 saturated carbocycles. The van der Waals surface area contributed by atoms with Gasteiger partial charge in [0.1, 0.15) is 12.4 Å². The highest BCUT2D eigenvalue weighted by Gasteiger charge is 2.17. The summed E-state index contributed by atoms with van der Waals surface area (Å²) in [5.41, 5.74) is 0.0383. The molecule has 0 unspecified atom stereocenters. The number of non-ortho nitro benzene ring substituents is 1. The number of nitro benzene ring substituents is 1. The highest BCUT2D eigenvalue weighted by atomic mass is 35.5. The lowest BCUT2D eigenvalue weighted by Gasteiger charge is -2.13. The number of benzene rings is 2. The number of hydrogen-bond donors (Lipinski definition) is 2. The average Bonchev–Trinajstić information content (AvgIpc) is 2.60. The lowest BCUT2D eigenvalue weighted by molar-refractivity contribution is -0.384. The number of amides is 1. The predicted octanol–water partition coefficient (Wildman–Crippen LogP) is 3.08. The van der Waals surface area contributed by atoms with E-state index >= 15 is 0 Å². The lowest BCUT2D eigenvalue weighted by Crippen LogP contribution is -2.27. The van der Waals surface area contributed by atoms with Gasteiger partial charge < -0.3 is 10.1 Å². The van der Waals surface area contributed by atoms with E-state index in [9.17, 15) is 23.3 Å². The van der Waals surface area contributed by atoms with Crippen LogP contribution in [0.2, 0.25) is 10.0 Å². The molecule has 28 heavy (non-hydrogen) atoms. The van der Waals surface area contributed by atoms with Crippen LogP contribution in [0.5, 0.6) is 5.75 Å². The molecule has 0 aliphatic heterocycles. The Morgan fingerprint density at radius 2 is 1.93 bits per heavy atom. The summed E-state index contributed by atoms with van der Waals surface area (Å²) in [7, 11) is -3.36. The molecule has 1 amide bonds. The molecule has 0 aliphatic carbocycles. The number of nitrogens with zero attached hydrogens (tertiary/aromatic N) is 1. The Bertz CT molecular complexity index is 1010. The van der Waals surface area contributed by atoms with Crippen molar-refractivity contribution in [2.75, 3.05) is 24.7 Å². The summed E-state index contributed by atoms with van der Waals surface area (Å²) in [6, 6.07) is 7.97. The molecule has 0 atom stereocenters. The zero-order valence-corrected chi connectivity index (χ0v) is 16.8. The fourth-order valence-electron chi connectivity index (χ4n) is 2.10. The van der Waals surface area contributed by atoms with Gasteiger partial charge in [0.25, 0.3) is 11.6 Å². The fraction of sp³-hybridized carbons (Fsp3) is 0.188. The SMILES string of the molecule is CS(=O)(=O)NCCOc1ccc(Cl)cc1C(=O)Nc1ccc([N+](=O)[O-])cc1Cl. The van der Waals surface area contributed by atoms with Gasteiger partial charge in [-0.1, -0.05) is 23.2 Å². The van der Waals surface area contributed by atoms with Crippen molar-refractivity contribution in [2.45, 2.75) is 0 Å². The van der Waals surface area contributed by atoms with Crippen molar-refractivity contribution in [1.29, 1.82) is 0 Å². The molecule has 0 bridgehead atoms. The molecule has 2 N–H and O–H groups in total. The van der Waals surface area contributed by atoms with Gasteiger partial charge in [-0.05, 0) is 24.3 Å². The molecule has 0 aliphatic rings. The first kappa shape index (κ1) is 21.9. The molecule has 12 heteroatoms. The molecular formula is C16H15Cl2N3O6S. The van der Waals surface area contributed by atoms with E-state index in [1.807, 2.05) is 0 Å². The predicted molar refractivity (Wildman–Crippen MR) is 106 cm³/mol. The minimum atomic E-state index is -3.36. The maximum atomic E-state index is 12.6. The molecular weight excluding hydrogens is 433 g/mol. The maximum Gasteiger partial charge on any atom is 0.271 e. The number of rotatable bonds is 8. The van der Waals surface area contributed by atoms with Gasteiger partial charge in [-0.2, -0.15) is 0 Å². The van der Waals surface area contributed by atoms with Gasteiger partial charge in [0, 0.05) is 23.7 Å². The number of ether oxygens (including phenoxy) is 1. The summed E-state index contributed by atoms with van der Waals surface area (Å²) in [6.07, 6.45) is 1.02. The number of halogens is 2. The first-order valence-corrected chi connectivity index (χ1v) is 10.3. The Hall–Kier alpha value is -2.40. The smallest absolute Gasteiger partial charge is 0.271 e. The number of carbonyl (C=O) groups is 1. The summed E-state index contributed by atoms with van der Waals surface area (Å²) in [5, 5.41) is 13.6. The quantitative estimate of drug-likeness (QED) is 0.363. The van der Waals surface area contributed by atoms with E-state index in [0.717, 1.165) is 12.3 Å². The Morgan fingerprint density at radius 3 is 2.54 bits per heavy atom. The minimum Gasteiger partial charge on any atom is -0.491 e. The normalized spacial score (nSPS) is 11.1. The molecule has 0 saturated heterocycles. The van der Waals surface area contributed by atoms with Crippen LogP contribution in [0.3, 0.4) is 0 Å². The third-order valence-corrected chi connectivity index (χ3v) is 4.60. The monoisotopic (exact) mass is 447 g/mol. The number of carbonyl (C=O) groups excluding carboxylic acids is 1. The van der Waals surface area contributed by atoms with Crippen LogP contribution < -0.4 is 14.8 Å². The molecule has 0 aromatic heterocycles. The van der Waals surface area contributed by atoms with Gasteiger partial charge in [-0.15, -0.1) is 0 Å². The van der Waals surface area contributed by atoms with E-state index in [4.69, 9.17) is 27.9 Å². The van der Waals surface area contributed by atoms with Crippen molar-refractivity contribution in [3.8, 4) is 5.75 Å². The third kappa shape index (κ3) is 6.34. The standard InChI is InChI=1S/C16H15Cl2N3O6S/c1-28(25,26)19-6-7-27-15-5-2-10(17)8-12(15)16(22)20-14-4-3-11(21(23)24)9-13(14)18/h2-5,8-9,19H,6-7H2,1H3,(H,20,22). The average molecular weight is 448 g/mol. The van der Waals surface area contributed by atoms with Crippen LogP contribution in [0.15, 0.2) is 36.4 Å². The number of nitro groups is 1. The number of sulfonamides is 1. The van der Waals surface area contributed by atoms with Gasteiger partial charge in [-0.25, -0.2) is 13.1 Å². The number of nitrogens with one attached hydrogen (secondary N) is 2. The van der Waals surface area contributed by atoms with E-state index in [0.29, 0.717) is 0 Å². The van der Waals surface area contributed by atoms with E-state index in [-0.39, 0.29) is 45.9 Å². The van der Waals surface area contributed by atoms with E-state index in [1.165, 1.54) is 30.3 Å². The molecule has 2 aromatic rings. The molecule has 150 valence electrons. The molecule has 0 heterocycles. The molecule has 2 aromatic carbocycles. The molecule has 0 fully saturated rings. The Morgan fingerprint density at radius 1 is 1.21 bits per heavy atom. The van der Waals surface area contributed by atoms with Crippen molar-refractivity contribution in [2.24, 2.45) is 0 Å². The van der Waals surface area contributed by atoms with Crippen molar-refractivity contribution in [3.05, 3.63) is 62.1 Å². The second-order valence-electron chi connectivity index (χ2n) is 5.53. The molecule has 0 spiro atoms. The zero-order valence-electron chi connectivity index (χ0n) is 14.4. The van der Waals surface area contributed by atoms with Gasteiger partial charge in [0.05, 0.1) is 27.5 Å². The van der Waals surface area contributed by atoms with Crippen molar-refractivity contribution < 1.29 is 22.9 Å². The first-order chi connectivity index (χ1) is 13.1. The Labute approximate surface area is 170 Å². The van der Waals surface area contributed by atoms with Crippen LogP contribution in [0.4, 0.5) is 11.4 Å². The van der Waals surface area contributed by atoms with Crippen LogP contribution in [0.25, 0.3) is 0 Å². The fourth-order valence-corrected chi connectivity index (χ4v) is 2.95. The van der Waals surface area contributed by atoms with Crippen LogP contribution in [-0.2, 0) is 10.0 Å². The van der Waals surface area contributed by atoms with Gasteiger partial charge in [0.2, 0.25) is 10.0 Å². The van der Waals surface area contributed by atoms with Gasteiger partial charge in [0.15, 0.2) is 0 Å². The van der Waals surface area contributed by atoms with Crippen molar-refractivity contribution >= 4 is 50.5 Å². The van der Waals surface area contributed by atoms with Crippen LogP contribution in [-0.4, -0.2) is 38.7 Å². The van der Waals surface area contributed by atoms with Crippen LogP contribution >= 0.6 is 23.2 Å². The van der Waals surface area contributed by atoms with E-state index in [2.05, 4.69) is 10.0 Å². The number of hydrogen-bond acceptors (Lipinski definition) is 6. The van der Waals surface area contributed by atoms with E-state index in [1.54, 1.807) is 0 Å². The Kier molecular flexibility index (Phi) is 7.19. The summed E-state index contributed by atoms with van der Waals surface area (Å²) in [5.74, 6) is -0.431. The van der Waals surface area contributed by atoms with Crippen molar-refractivity contribution in [1.82, 2.24) is 4.72 Å². The van der Waals surface area contributed by atoms with Gasteiger partial charge >= 0.3 is 0 Å². The topological polar surface area (TPSA) is 128 Å². The van der Waals surface area contributed by atoms with Crippen LogP contribution in [0.1, 0.15) is 10.4 Å². The maximum absolute atomic E-state index is 12.6. The van der Waals surface area contributed by atoms with Gasteiger partial charge in [-0.3, -0.25) is 14.9 Å². The van der Waals surface area contributed by atoms with Crippen LogP contribution in [0, 0.1) is 10.1 Å². The molecule has 0 radical (unpaired) electrons. The van der Waals surface area contributed by atoms with Crippen molar-refractivity contribution in [3.63, 3.8) is 0 Å². The second-order valence-corrected chi connectivity index (χ2v) is 8.21. The summed E-state index contributed by atoms with van der Waals surface area (Å²) < 4.78 is 29.8. The number of anilines is 1. The zero-order chi connectivity index (χ0) is 20.9. The third-order valence-electron chi connectivity index (χ3n) is 3.32. The lowest BCUT2D eigenvalue weighted by atomic mass is 10.1. The summed E-state index contributed by atoms with van der Waals surface area (Å²) >= 11 is 11.9. The highest BCUT2D eigenvalue weighted by Crippen LogP contribution is 2.29. The summed E-state index contributed by atoms with van der Waals surface area (Å²) in [6.45, 7) is -0.00995. The minimum absolute atomic E-state index is 0.00982. The molecule has 9 nitrogen and oxygen atoms in total. The first-order valence-electron chi connectivity index (χ1n) is 7.69. The Balaban J connectivity index is 2.16. The largest absolute Gasteiger partial charge is 0.491 e. The summed E-state index contributed by atoms with van der Waals surface area (Å²) in [4.78, 5) is 22.8. The van der Waals surface area contributed by atoms with E-state index < -0.39 is 20.9 Å².